The summed E-state index contributed by atoms with van der Waals surface area (Å²) < 4.78 is 31.9. The van der Waals surface area contributed by atoms with E-state index in [1.165, 1.54) is 32.8 Å². The van der Waals surface area contributed by atoms with Crippen molar-refractivity contribution in [2.24, 2.45) is 16.3 Å². The molecular formula is C22H38N4O3S. The first-order valence-corrected chi connectivity index (χ1v) is 12.4. The molecule has 0 atom stereocenters. The number of methoxy groups -OCH3 is 1. The van der Waals surface area contributed by atoms with Crippen LogP contribution in [0.3, 0.4) is 0 Å². The summed E-state index contributed by atoms with van der Waals surface area (Å²) in [5.74, 6) is 1.51. The van der Waals surface area contributed by atoms with Crippen LogP contribution >= 0.6 is 0 Å². The summed E-state index contributed by atoms with van der Waals surface area (Å²) in [7, 11) is -1.97. The van der Waals surface area contributed by atoms with E-state index >= 15 is 0 Å². The van der Waals surface area contributed by atoms with E-state index in [1.807, 2.05) is 12.1 Å². The third-order valence-corrected chi connectivity index (χ3v) is 6.96. The fourth-order valence-electron chi connectivity index (χ4n) is 3.91. The second kappa shape index (κ2) is 11.7. The number of sulfonamides is 1. The smallest absolute Gasteiger partial charge is 0.240 e. The van der Waals surface area contributed by atoms with Crippen LogP contribution in [-0.4, -0.2) is 47.7 Å². The minimum atomic E-state index is -3.51. The standard InChI is InChI=1S/C22H38N4O3S/c1-5-23-21(25-17-22(11-6-12-22)15-18(2)3)24-16-19-7-9-20(10-8-19)30(27,28)26-13-14-29-4/h7-10,18,26H,5-6,11-17H2,1-4H3,(H2,23,24,25). The Hall–Kier alpha value is -1.64. The van der Waals surface area contributed by atoms with E-state index in [2.05, 4.69) is 41.1 Å². The van der Waals surface area contributed by atoms with Crippen molar-refractivity contribution in [2.75, 3.05) is 33.4 Å². The van der Waals surface area contributed by atoms with Crippen molar-refractivity contribution in [2.45, 2.75) is 57.9 Å². The predicted octanol–water partition coefficient (Wildman–Crippen LogP) is 2.88. The summed E-state index contributed by atoms with van der Waals surface area (Å²) in [4.78, 5) is 4.94. The molecule has 0 heterocycles. The molecule has 1 aromatic rings. The van der Waals surface area contributed by atoms with Gasteiger partial charge in [0.2, 0.25) is 10.0 Å². The van der Waals surface area contributed by atoms with E-state index in [-0.39, 0.29) is 11.4 Å². The lowest BCUT2D eigenvalue weighted by molar-refractivity contribution is 0.104. The van der Waals surface area contributed by atoms with Gasteiger partial charge in [-0.1, -0.05) is 32.4 Å². The van der Waals surface area contributed by atoms with Crippen LogP contribution < -0.4 is 15.4 Å². The lowest BCUT2D eigenvalue weighted by Crippen LogP contribution is -2.47. The van der Waals surface area contributed by atoms with E-state index in [1.54, 1.807) is 12.1 Å². The number of benzene rings is 1. The molecule has 0 amide bonds. The number of aliphatic imine (C=N–C) groups is 1. The first-order chi connectivity index (χ1) is 14.3. The zero-order valence-electron chi connectivity index (χ0n) is 18.8. The van der Waals surface area contributed by atoms with E-state index in [4.69, 9.17) is 4.74 Å². The third kappa shape index (κ3) is 7.56. The Balaban J connectivity index is 1.95. The quantitative estimate of drug-likeness (QED) is 0.265. The van der Waals surface area contributed by atoms with E-state index in [0.717, 1.165) is 24.6 Å². The Morgan fingerprint density at radius 2 is 1.90 bits per heavy atom. The van der Waals surface area contributed by atoms with Crippen LogP contribution in [0, 0.1) is 11.3 Å². The molecule has 8 heteroatoms. The number of guanidine groups is 1. The van der Waals surface area contributed by atoms with E-state index in [9.17, 15) is 8.42 Å². The maximum absolute atomic E-state index is 12.2. The molecule has 1 fully saturated rings. The molecule has 0 saturated heterocycles. The van der Waals surface area contributed by atoms with Crippen molar-refractivity contribution >= 4 is 16.0 Å². The molecule has 1 aromatic carbocycles. The molecule has 30 heavy (non-hydrogen) atoms. The van der Waals surface area contributed by atoms with Crippen molar-refractivity contribution in [3.05, 3.63) is 29.8 Å². The Labute approximate surface area is 182 Å². The van der Waals surface area contributed by atoms with Gasteiger partial charge in [-0.3, -0.25) is 0 Å². The molecule has 0 unspecified atom stereocenters. The molecule has 1 saturated carbocycles. The van der Waals surface area contributed by atoms with Gasteiger partial charge in [0.1, 0.15) is 0 Å². The van der Waals surface area contributed by atoms with Crippen LogP contribution in [0.25, 0.3) is 0 Å². The van der Waals surface area contributed by atoms with Crippen molar-refractivity contribution in [3.8, 4) is 0 Å². The average Bonchev–Trinajstić information content (AvgIpc) is 2.68. The van der Waals surface area contributed by atoms with Crippen LogP contribution in [0.2, 0.25) is 0 Å². The molecule has 0 radical (unpaired) electrons. The average molecular weight is 439 g/mol. The second-order valence-electron chi connectivity index (χ2n) is 8.53. The van der Waals surface area contributed by atoms with Gasteiger partial charge in [-0.15, -0.1) is 0 Å². The first-order valence-electron chi connectivity index (χ1n) is 10.9. The fraction of sp³-hybridized carbons (Fsp3) is 0.682. The van der Waals surface area contributed by atoms with Gasteiger partial charge in [-0.05, 0) is 55.2 Å². The van der Waals surface area contributed by atoms with Crippen LogP contribution in [0.4, 0.5) is 0 Å². The molecule has 0 bridgehead atoms. The molecule has 0 aliphatic heterocycles. The van der Waals surface area contributed by atoms with Crippen molar-refractivity contribution < 1.29 is 13.2 Å². The maximum atomic E-state index is 12.2. The number of nitrogens with one attached hydrogen (secondary N) is 3. The predicted molar refractivity (Wildman–Crippen MR) is 122 cm³/mol. The highest BCUT2D eigenvalue weighted by atomic mass is 32.2. The fourth-order valence-corrected chi connectivity index (χ4v) is 4.93. The van der Waals surface area contributed by atoms with Crippen molar-refractivity contribution in [3.63, 3.8) is 0 Å². The Morgan fingerprint density at radius 3 is 2.43 bits per heavy atom. The highest BCUT2D eigenvalue weighted by molar-refractivity contribution is 7.89. The lowest BCUT2D eigenvalue weighted by atomic mass is 9.64. The number of ether oxygens (including phenoxy) is 1. The molecule has 7 nitrogen and oxygen atoms in total. The van der Waals surface area contributed by atoms with Gasteiger partial charge >= 0.3 is 0 Å². The number of nitrogens with zero attached hydrogens (tertiary/aromatic N) is 1. The Bertz CT molecular complexity index is 772. The molecular weight excluding hydrogens is 400 g/mol. The largest absolute Gasteiger partial charge is 0.383 e. The van der Waals surface area contributed by atoms with Gasteiger partial charge in [0.25, 0.3) is 0 Å². The van der Waals surface area contributed by atoms with Crippen LogP contribution in [-0.2, 0) is 21.3 Å². The Morgan fingerprint density at radius 1 is 1.20 bits per heavy atom. The number of rotatable bonds is 12. The monoisotopic (exact) mass is 438 g/mol. The SMILES string of the molecule is CCNC(=NCc1ccc(S(=O)(=O)NCCOC)cc1)NCC1(CC(C)C)CCC1. The van der Waals surface area contributed by atoms with Gasteiger partial charge < -0.3 is 15.4 Å². The molecule has 2 rings (SSSR count). The molecule has 0 spiro atoms. The molecule has 170 valence electrons. The van der Waals surface area contributed by atoms with Gasteiger partial charge in [-0.25, -0.2) is 18.1 Å². The van der Waals surface area contributed by atoms with Crippen LogP contribution in [0.5, 0.6) is 0 Å². The molecule has 1 aliphatic rings. The number of hydrogen-bond acceptors (Lipinski definition) is 4. The minimum Gasteiger partial charge on any atom is -0.383 e. The zero-order chi connectivity index (χ0) is 22.0. The summed E-state index contributed by atoms with van der Waals surface area (Å²) in [6.45, 7) is 9.46. The van der Waals surface area contributed by atoms with Crippen LogP contribution in [0.15, 0.2) is 34.2 Å². The van der Waals surface area contributed by atoms with E-state index < -0.39 is 10.0 Å². The molecule has 0 aromatic heterocycles. The highest BCUT2D eigenvalue weighted by Gasteiger charge is 2.37. The molecule has 3 N–H and O–H groups in total. The van der Waals surface area contributed by atoms with Gasteiger partial charge in [0.15, 0.2) is 5.96 Å². The van der Waals surface area contributed by atoms with Crippen molar-refractivity contribution in [1.82, 2.24) is 15.4 Å². The summed E-state index contributed by atoms with van der Waals surface area (Å²) in [6.07, 6.45) is 5.13. The second-order valence-corrected chi connectivity index (χ2v) is 10.3. The maximum Gasteiger partial charge on any atom is 0.240 e. The minimum absolute atomic E-state index is 0.247. The van der Waals surface area contributed by atoms with Gasteiger partial charge in [0, 0.05) is 26.7 Å². The third-order valence-electron chi connectivity index (χ3n) is 5.48. The normalized spacial score (nSPS) is 16.4. The van der Waals surface area contributed by atoms with Crippen LogP contribution in [0.1, 0.15) is 52.0 Å². The summed E-state index contributed by atoms with van der Waals surface area (Å²) in [5.41, 5.74) is 1.36. The van der Waals surface area contributed by atoms with Gasteiger partial charge in [-0.2, -0.15) is 0 Å². The topological polar surface area (TPSA) is 91.8 Å². The van der Waals surface area contributed by atoms with E-state index in [0.29, 0.717) is 24.5 Å². The number of hydrogen-bond donors (Lipinski definition) is 3. The zero-order valence-corrected chi connectivity index (χ0v) is 19.6. The Kier molecular flexibility index (Phi) is 9.58. The highest BCUT2D eigenvalue weighted by Crippen LogP contribution is 2.45. The molecule has 1 aliphatic carbocycles. The summed E-state index contributed by atoms with van der Waals surface area (Å²) >= 11 is 0. The lowest BCUT2D eigenvalue weighted by Gasteiger charge is -2.43. The van der Waals surface area contributed by atoms with Gasteiger partial charge in [0.05, 0.1) is 18.0 Å². The summed E-state index contributed by atoms with van der Waals surface area (Å²) in [6, 6.07) is 6.85. The summed E-state index contributed by atoms with van der Waals surface area (Å²) in [5, 5.41) is 6.84. The first kappa shape index (κ1) is 24.6. The van der Waals surface area contributed by atoms with Crippen molar-refractivity contribution in [1.29, 1.82) is 0 Å².